The third kappa shape index (κ3) is 3.47. The smallest absolute Gasteiger partial charge is 0.254 e. The Kier molecular flexibility index (Phi) is 5.32. The van der Waals surface area contributed by atoms with Gasteiger partial charge in [0, 0.05) is 17.5 Å². The number of hydrogen-bond donors (Lipinski definition) is 1. The van der Waals surface area contributed by atoms with Crippen LogP contribution in [0.1, 0.15) is 98.0 Å². The molecule has 2 fully saturated rings. The maximum Gasteiger partial charge on any atom is 0.254 e. The Morgan fingerprint density at radius 2 is 1.97 bits per heavy atom. The van der Waals surface area contributed by atoms with Crippen LogP contribution in [0.5, 0.6) is 0 Å². The summed E-state index contributed by atoms with van der Waals surface area (Å²) in [5.74, 6) is 0.127. The second-order valence-electron chi connectivity index (χ2n) is 9.33. The molecule has 0 radical (unpaired) electrons. The molecule has 1 aliphatic heterocycles. The minimum atomic E-state index is -0.479. The summed E-state index contributed by atoms with van der Waals surface area (Å²) in [5, 5.41) is 13.2. The van der Waals surface area contributed by atoms with E-state index in [1.54, 1.807) is 0 Å². The lowest BCUT2D eigenvalue weighted by molar-refractivity contribution is -0.122. The molecule has 2 atom stereocenters. The average molecular weight is 439 g/mol. The Hall–Kier alpha value is -2.28. The fraction of sp³-hybridized carbons (Fsp3) is 0.583. The van der Waals surface area contributed by atoms with Crippen LogP contribution in [0.2, 0.25) is 0 Å². The number of aromatic nitrogens is 2. The number of carbonyl (C=O) groups is 2. The van der Waals surface area contributed by atoms with Gasteiger partial charge in [-0.2, -0.15) is 0 Å². The van der Waals surface area contributed by atoms with Gasteiger partial charge in [-0.25, -0.2) is 0 Å². The first-order valence-corrected chi connectivity index (χ1v) is 12.4. The molecule has 1 aromatic carbocycles. The summed E-state index contributed by atoms with van der Waals surface area (Å²) in [7, 11) is 0. The number of rotatable bonds is 5. The summed E-state index contributed by atoms with van der Waals surface area (Å²) in [5.41, 5.74) is 1.04. The molecule has 0 bridgehead atoms. The van der Waals surface area contributed by atoms with E-state index in [-0.39, 0.29) is 17.9 Å². The van der Waals surface area contributed by atoms with Gasteiger partial charge in [-0.15, -0.1) is 10.2 Å². The molecule has 2 aromatic rings. The molecule has 0 saturated heterocycles. The molecule has 1 aromatic heterocycles. The Morgan fingerprint density at radius 3 is 2.68 bits per heavy atom. The molecular formula is C24H30N4O2S. The van der Waals surface area contributed by atoms with Crippen molar-refractivity contribution in [3.8, 4) is 0 Å². The second-order valence-corrected chi connectivity index (χ2v) is 10.3. The number of anilines is 1. The Morgan fingerprint density at radius 1 is 1.23 bits per heavy atom. The topological polar surface area (TPSA) is 75.2 Å². The van der Waals surface area contributed by atoms with Gasteiger partial charge in [0.2, 0.25) is 11.0 Å². The van der Waals surface area contributed by atoms with Gasteiger partial charge in [-0.05, 0) is 50.7 Å². The van der Waals surface area contributed by atoms with Crippen molar-refractivity contribution in [2.45, 2.75) is 88.6 Å². The number of carbonyl (C=O) groups excluding carboxylic acids is 2. The molecule has 1 N–H and O–H groups in total. The van der Waals surface area contributed by atoms with Crippen molar-refractivity contribution in [3.05, 3.63) is 40.4 Å². The molecule has 1 spiro atoms. The molecule has 6 nitrogen and oxygen atoms in total. The number of fused-ring (bicyclic) bond motifs is 1. The van der Waals surface area contributed by atoms with E-state index in [9.17, 15) is 9.59 Å². The molecule has 2 saturated carbocycles. The minimum Gasteiger partial charge on any atom is -0.329 e. The van der Waals surface area contributed by atoms with Crippen LogP contribution in [-0.2, 0) is 4.79 Å². The van der Waals surface area contributed by atoms with E-state index >= 15 is 0 Å². The van der Waals surface area contributed by atoms with E-state index in [2.05, 4.69) is 34.3 Å². The Balaban J connectivity index is 1.57. The summed E-state index contributed by atoms with van der Waals surface area (Å²) >= 11 is 1.49. The molecule has 2 amide bonds. The highest BCUT2D eigenvalue weighted by Gasteiger charge is 2.55. The summed E-state index contributed by atoms with van der Waals surface area (Å²) in [4.78, 5) is 29.6. The van der Waals surface area contributed by atoms with Gasteiger partial charge < -0.3 is 4.90 Å². The van der Waals surface area contributed by atoms with Crippen molar-refractivity contribution >= 4 is 28.3 Å². The van der Waals surface area contributed by atoms with E-state index < -0.39 is 11.5 Å². The van der Waals surface area contributed by atoms with E-state index in [0.717, 1.165) is 61.9 Å². The minimum absolute atomic E-state index is 0.0614. The van der Waals surface area contributed by atoms with Gasteiger partial charge in [0.05, 0.1) is 11.5 Å². The van der Waals surface area contributed by atoms with E-state index in [1.807, 2.05) is 24.3 Å². The van der Waals surface area contributed by atoms with E-state index in [4.69, 9.17) is 0 Å². The average Bonchev–Trinajstić information content (AvgIpc) is 3.53. The predicted octanol–water partition coefficient (Wildman–Crippen LogP) is 5.10. The monoisotopic (exact) mass is 438 g/mol. The van der Waals surface area contributed by atoms with E-state index in [0.29, 0.717) is 16.6 Å². The van der Waals surface area contributed by atoms with Gasteiger partial charge in [0.15, 0.2) is 0 Å². The summed E-state index contributed by atoms with van der Waals surface area (Å²) in [6, 6.07) is 7.76. The fourth-order valence-corrected chi connectivity index (χ4v) is 6.48. The first kappa shape index (κ1) is 20.6. The van der Waals surface area contributed by atoms with Crippen LogP contribution in [-0.4, -0.2) is 38.5 Å². The zero-order valence-electron chi connectivity index (χ0n) is 18.3. The maximum atomic E-state index is 13.9. The van der Waals surface area contributed by atoms with Crippen LogP contribution in [0, 0.1) is 0 Å². The normalized spacial score (nSPS) is 23.5. The second kappa shape index (κ2) is 8.01. The molecule has 2 heterocycles. The zero-order valence-corrected chi connectivity index (χ0v) is 19.1. The Labute approximate surface area is 187 Å². The van der Waals surface area contributed by atoms with Crippen molar-refractivity contribution in [2.75, 3.05) is 5.32 Å². The number of amides is 2. The standard InChI is InChI=1S/C24H30N4O2S/c1-3-15(2)28-22(30)18-10-6-5-9-17(18)19(24(28)13-7-4-8-14-24)20(29)25-23-27-26-21(31-23)16-11-12-16/h5-6,9-10,15-16,19H,3-4,7-8,11-14H2,1-2H3,(H,25,27,29)/t15-,19+/m1/s1. The van der Waals surface area contributed by atoms with Gasteiger partial charge in [0.25, 0.3) is 5.91 Å². The van der Waals surface area contributed by atoms with Crippen LogP contribution >= 0.6 is 11.3 Å². The molecule has 0 unspecified atom stereocenters. The molecule has 31 heavy (non-hydrogen) atoms. The highest BCUT2D eigenvalue weighted by Crippen LogP contribution is 2.51. The molecule has 2 aliphatic carbocycles. The van der Waals surface area contributed by atoms with Crippen LogP contribution < -0.4 is 5.32 Å². The summed E-state index contributed by atoms with van der Waals surface area (Å²) in [6.45, 7) is 4.23. The van der Waals surface area contributed by atoms with Crippen LogP contribution in [0.25, 0.3) is 0 Å². The van der Waals surface area contributed by atoms with Crippen molar-refractivity contribution in [1.82, 2.24) is 15.1 Å². The van der Waals surface area contributed by atoms with E-state index in [1.165, 1.54) is 11.3 Å². The molecule has 164 valence electrons. The lowest BCUT2D eigenvalue weighted by Crippen LogP contribution is -2.64. The first-order chi connectivity index (χ1) is 15.0. The number of nitrogens with one attached hydrogen (secondary N) is 1. The largest absolute Gasteiger partial charge is 0.329 e. The molecule has 3 aliphatic rings. The third-order valence-corrected chi connectivity index (χ3v) is 8.35. The zero-order chi connectivity index (χ0) is 21.6. The van der Waals surface area contributed by atoms with Gasteiger partial charge in [-0.1, -0.05) is 55.7 Å². The van der Waals surface area contributed by atoms with Crippen molar-refractivity contribution in [2.24, 2.45) is 0 Å². The number of benzene rings is 1. The van der Waals surface area contributed by atoms with Gasteiger partial charge >= 0.3 is 0 Å². The highest BCUT2D eigenvalue weighted by molar-refractivity contribution is 7.15. The molecule has 7 heteroatoms. The quantitative estimate of drug-likeness (QED) is 0.705. The van der Waals surface area contributed by atoms with Crippen molar-refractivity contribution in [3.63, 3.8) is 0 Å². The molecular weight excluding hydrogens is 408 g/mol. The summed E-state index contributed by atoms with van der Waals surface area (Å²) < 4.78 is 0. The summed E-state index contributed by atoms with van der Waals surface area (Å²) in [6.07, 6.45) is 8.14. The SMILES string of the molecule is CC[C@@H](C)N1C(=O)c2ccccc2[C@@H](C(=O)Nc2nnc(C3CC3)s2)C12CCCCC2. The fourth-order valence-electron chi connectivity index (χ4n) is 5.56. The van der Waals surface area contributed by atoms with Crippen LogP contribution in [0.4, 0.5) is 5.13 Å². The first-order valence-electron chi connectivity index (χ1n) is 11.6. The number of hydrogen-bond acceptors (Lipinski definition) is 5. The van der Waals surface area contributed by atoms with Crippen molar-refractivity contribution < 1.29 is 9.59 Å². The van der Waals surface area contributed by atoms with Crippen LogP contribution in [0.15, 0.2) is 24.3 Å². The lowest BCUT2D eigenvalue weighted by Gasteiger charge is -2.55. The van der Waals surface area contributed by atoms with Crippen molar-refractivity contribution in [1.29, 1.82) is 0 Å². The third-order valence-electron chi connectivity index (χ3n) is 7.35. The van der Waals surface area contributed by atoms with Crippen LogP contribution in [0.3, 0.4) is 0 Å². The number of nitrogens with zero attached hydrogens (tertiary/aromatic N) is 3. The Bertz CT molecular complexity index is 993. The van der Waals surface area contributed by atoms with Gasteiger partial charge in [-0.3, -0.25) is 14.9 Å². The predicted molar refractivity (Wildman–Crippen MR) is 121 cm³/mol. The maximum absolute atomic E-state index is 13.9. The van der Waals surface area contributed by atoms with Gasteiger partial charge in [0.1, 0.15) is 5.01 Å². The lowest BCUT2D eigenvalue weighted by atomic mass is 9.64. The highest BCUT2D eigenvalue weighted by atomic mass is 32.1. The molecule has 5 rings (SSSR count).